The molecule has 2 rings (SSSR count). The molecule has 0 aromatic heterocycles. The number of carbonyl (C=O) groups is 2. The molecule has 0 amide bonds. The third-order valence-electron chi connectivity index (χ3n) is 5.91. The second-order valence-electron chi connectivity index (χ2n) is 7.93. The first-order chi connectivity index (χ1) is 13.5. The summed E-state index contributed by atoms with van der Waals surface area (Å²) in [4.78, 5) is 22.7. The quantitative estimate of drug-likeness (QED) is 0.533. The van der Waals surface area contributed by atoms with E-state index in [0.29, 0.717) is 25.2 Å². The summed E-state index contributed by atoms with van der Waals surface area (Å²) in [6.45, 7) is 2.26. The summed E-state index contributed by atoms with van der Waals surface area (Å²) in [5, 5.41) is 9.92. The fourth-order valence-electron chi connectivity index (χ4n) is 4.39. The zero-order valence-electron chi connectivity index (χ0n) is 17.3. The van der Waals surface area contributed by atoms with Crippen LogP contribution < -0.4 is 0 Å². The van der Waals surface area contributed by atoms with Crippen LogP contribution in [0.25, 0.3) is 0 Å². The van der Waals surface area contributed by atoms with Gasteiger partial charge in [-0.15, -0.1) is 0 Å². The summed E-state index contributed by atoms with van der Waals surface area (Å²) in [7, 11) is 1.37. The van der Waals surface area contributed by atoms with Gasteiger partial charge >= 0.3 is 11.9 Å². The molecule has 5 atom stereocenters. The lowest BCUT2D eigenvalue weighted by Gasteiger charge is -2.30. The van der Waals surface area contributed by atoms with Gasteiger partial charge in [0.15, 0.2) is 6.29 Å². The Kier molecular flexibility index (Phi) is 10.2. The number of hydrogen-bond donors (Lipinski definition) is 1. The first kappa shape index (κ1) is 23.1. The lowest BCUT2D eigenvalue weighted by Crippen LogP contribution is -2.33. The number of hydrogen-bond acceptors (Lipinski definition) is 7. The van der Waals surface area contributed by atoms with Gasteiger partial charge in [-0.3, -0.25) is 9.59 Å². The van der Waals surface area contributed by atoms with Crippen molar-refractivity contribution in [1.82, 2.24) is 0 Å². The van der Waals surface area contributed by atoms with Crippen LogP contribution in [0.3, 0.4) is 0 Å². The maximum atomic E-state index is 11.4. The predicted molar refractivity (Wildman–Crippen MR) is 102 cm³/mol. The van der Waals surface area contributed by atoms with Crippen LogP contribution in [0.1, 0.15) is 71.1 Å². The van der Waals surface area contributed by atoms with Gasteiger partial charge in [-0.1, -0.05) is 0 Å². The molecule has 7 heteroatoms. The van der Waals surface area contributed by atoms with Crippen molar-refractivity contribution >= 4 is 11.9 Å². The van der Waals surface area contributed by atoms with E-state index in [-0.39, 0.29) is 43.0 Å². The van der Waals surface area contributed by atoms with Crippen molar-refractivity contribution < 1.29 is 33.6 Å². The Hall–Kier alpha value is -1.18. The van der Waals surface area contributed by atoms with Crippen LogP contribution >= 0.6 is 0 Å². The van der Waals surface area contributed by atoms with E-state index in [1.54, 1.807) is 0 Å². The van der Waals surface area contributed by atoms with Crippen LogP contribution in [0.15, 0.2) is 0 Å². The Morgan fingerprint density at radius 2 is 2.00 bits per heavy atom. The summed E-state index contributed by atoms with van der Waals surface area (Å²) in [5.74, 6) is -0.109. The van der Waals surface area contributed by atoms with Crippen LogP contribution in [0, 0.1) is 11.8 Å². The summed E-state index contributed by atoms with van der Waals surface area (Å²) >= 11 is 0. The molecule has 2 fully saturated rings. The summed E-state index contributed by atoms with van der Waals surface area (Å²) in [6, 6.07) is 0. The molecule has 7 nitrogen and oxygen atoms in total. The lowest BCUT2D eigenvalue weighted by molar-refractivity contribution is -0.198. The van der Waals surface area contributed by atoms with E-state index >= 15 is 0 Å². The fraction of sp³-hybridized carbons (Fsp3) is 0.905. The van der Waals surface area contributed by atoms with Crippen molar-refractivity contribution in [2.24, 2.45) is 11.8 Å². The Morgan fingerprint density at radius 1 is 1.18 bits per heavy atom. The van der Waals surface area contributed by atoms with Gasteiger partial charge in [0.1, 0.15) is 6.10 Å². The molecular formula is C21H36O7. The molecule has 0 aromatic rings. The van der Waals surface area contributed by atoms with Crippen LogP contribution in [0.4, 0.5) is 0 Å². The van der Waals surface area contributed by atoms with Gasteiger partial charge < -0.3 is 24.1 Å². The summed E-state index contributed by atoms with van der Waals surface area (Å²) in [6.07, 6.45) is 7.94. The molecule has 1 saturated heterocycles. The number of esters is 2. The molecule has 1 aliphatic heterocycles. The highest BCUT2D eigenvalue weighted by molar-refractivity contribution is 5.69. The summed E-state index contributed by atoms with van der Waals surface area (Å²) in [5.41, 5.74) is 0. The lowest BCUT2D eigenvalue weighted by atomic mass is 9.89. The van der Waals surface area contributed by atoms with Crippen molar-refractivity contribution in [1.29, 1.82) is 0 Å². The zero-order chi connectivity index (χ0) is 20.4. The Balaban J connectivity index is 1.79. The van der Waals surface area contributed by atoms with Gasteiger partial charge in [0.25, 0.3) is 0 Å². The van der Waals surface area contributed by atoms with Gasteiger partial charge in [-0.05, 0) is 63.7 Å². The molecular weight excluding hydrogens is 364 g/mol. The average Bonchev–Trinajstić information content (AvgIpc) is 3.07. The second kappa shape index (κ2) is 12.4. The highest BCUT2D eigenvalue weighted by Gasteiger charge is 2.38. The van der Waals surface area contributed by atoms with Crippen molar-refractivity contribution in [2.45, 2.75) is 89.6 Å². The van der Waals surface area contributed by atoms with Crippen LogP contribution in [-0.4, -0.2) is 55.9 Å². The standard InChI is InChI=1S/C21H36O7/c1-15(23)27-17(6-5-7-20(24)25-2)11-9-16-10-12-19(18(16)14-22)28-21-8-3-4-13-26-21/h16-19,21-22H,3-14H2,1-2H3. The number of methoxy groups -OCH3 is 1. The smallest absolute Gasteiger partial charge is 0.305 e. The van der Waals surface area contributed by atoms with Crippen LogP contribution in [-0.2, 0) is 28.5 Å². The first-order valence-electron chi connectivity index (χ1n) is 10.7. The highest BCUT2D eigenvalue weighted by Crippen LogP contribution is 2.38. The predicted octanol–water partition coefficient (Wildman–Crippen LogP) is 2.97. The van der Waals surface area contributed by atoms with Gasteiger partial charge in [0.05, 0.1) is 13.2 Å². The highest BCUT2D eigenvalue weighted by atomic mass is 16.7. The number of aliphatic hydroxyl groups is 1. The van der Waals surface area contributed by atoms with Crippen LogP contribution in [0.2, 0.25) is 0 Å². The Bertz CT molecular complexity index is 475. The number of aliphatic hydroxyl groups excluding tert-OH is 1. The third kappa shape index (κ3) is 7.68. The monoisotopic (exact) mass is 400 g/mol. The molecule has 0 aromatic carbocycles. The average molecular weight is 401 g/mol. The zero-order valence-corrected chi connectivity index (χ0v) is 17.3. The van der Waals surface area contributed by atoms with Crippen molar-refractivity contribution in [3.63, 3.8) is 0 Å². The SMILES string of the molecule is COC(=O)CCCC(CCC1CCC(OC2CCCCO2)C1CO)OC(C)=O. The minimum absolute atomic E-state index is 0.0320. The van der Waals surface area contributed by atoms with Gasteiger partial charge in [-0.2, -0.15) is 0 Å². The molecule has 28 heavy (non-hydrogen) atoms. The Labute approximate surface area is 168 Å². The normalized spacial score (nSPS) is 28.7. The maximum Gasteiger partial charge on any atom is 0.305 e. The van der Waals surface area contributed by atoms with Crippen molar-refractivity contribution in [3.05, 3.63) is 0 Å². The van der Waals surface area contributed by atoms with Gasteiger partial charge in [-0.25, -0.2) is 0 Å². The minimum atomic E-state index is -0.302. The van der Waals surface area contributed by atoms with E-state index in [2.05, 4.69) is 4.74 Å². The molecule has 1 saturated carbocycles. The molecule has 2 aliphatic rings. The molecule has 1 heterocycles. The van der Waals surface area contributed by atoms with Crippen LogP contribution in [0.5, 0.6) is 0 Å². The van der Waals surface area contributed by atoms with E-state index in [4.69, 9.17) is 14.2 Å². The summed E-state index contributed by atoms with van der Waals surface area (Å²) < 4.78 is 21.9. The van der Waals surface area contributed by atoms with E-state index < -0.39 is 0 Å². The van der Waals surface area contributed by atoms with Gasteiger partial charge in [0.2, 0.25) is 0 Å². The molecule has 1 aliphatic carbocycles. The fourth-order valence-corrected chi connectivity index (χ4v) is 4.39. The number of rotatable bonds is 11. The Morgan fingerprint density at radius 3 is 2.64 bits per heavy atom. The molecule has 0 radical (unpaired) electrons. The molecule has 162 valence electrons. The van der Waals surface area contributed by atoms with Crippen molar-refractivity contribution in [2.75, 3.05) is 20.3 Å². The van der Waals surface area contributed by atoms with E-state index in [9.17, 15) is 14.7 Å². The molecule has 1 N–H and O–H groups in total. The van der Waals surface area contributed by atoms with E-state index in [1.165, 1.54) is 14.0 Å². The third-order valence-corrected chi connectivity index (χ3v) is 5.91. The maximum absolute atomic E-state index is 11.4. The molecule has 0 spiro atoms. The van der Waals surface area contributed by atoms with E-state index in [1.807, 2.05) is 0 Å². The number of ether oxygens (including phenoxy) is 4. The molecule has 5 unspecified atom stereocenters. The number of carbonyl (C=O) groups excluding carboxylic acids is 2. The molecule has 0 bridgehead atoms. The second-order valence-corrected chi connectivity index (χ2v) is 7.93. The topological polar surface area (TPSA) is 91.3 Å². The van der Waals surface area contributed by atoms with E-state index in [0.717, 1.165) is 51.6 Å². The van der Waals surface area contributed by atoms with Gasteiger partial charge in [0, 0.05) is 32.5 Å². The van der Waals surface area contributed by atoms with Crippen molar-refractivity contribution in [3.8, 4) is 0 Å². The largest absolute Gasteiger partial charge is 0.469 e. The minimum Gasteiger partial charge on any atom is -0.469 e. The first-order valence-corrected chi connectivity index (χ1v) is 10.7.